The summed E-state index contributed by atoms with van der Waals surface area (Å²) in [6, 6.07) is 22.8. The van der Waals surface area contributed by atoms with Crippen LogP contribution in [0.25, 0.3) is 11.0 Å². The van der Waals surface area contributed by atoms with Gasteiger partial charge in [-0.15, -0.1) is 0 Å². The third-order valence-electron chi connectivity index (χ3n) is 4.35. The highest BCUT2D eigenvalue weighted by Crippen LogP contribution is 2.18. The first-order valence-electron chi connectivity index (χ1n) is 8.69. The third-order valence-corrected chi connectivity index (χ3v) is 4.35. The number of H-pyrrole nitrogens is 1. The molecule has 0 atom stereocenters. The standard InChI is InChI=1S/C22H19N3O2/c1-27-18-6-4-5-17(14-18)23-22(26)16-11-9-15(10-12-16)13-21-24-19-7-2-3-8-20(19)25-21/h2-12,14H,13H2,1H3,(H,23,26)(H,24,25). The number of benzene rings is 3. The number of aromatic amines is 1. The first-order chi connectivity index (χ1) is 13.2. The fraction of sp³-hybridized carbons (Fsp3) is 0.0909. The molecule has 3 aromatic carbocycles. The SMILES string of the molecule is COc1cccc(NC(=O)c2ccc(Cc3nc4ccccc4[nH]3)cc2)c1. The second-order valence-corrected chi connectivity index (χ2v) is 6.26. The van der Waals surface area contributed by atoms with Gasteiger partial charge in [-0.3, -0.25) is 4.79 Å². The fourth-order valence-electron chi connectivity index (χ4n) is 2.96. The lowest BCUT2D eigenvalue weighted by molar-refractivity contribution is 0.102. The van der Waals surface area contributed by atoms with E-state index in [1.54, 1.807) is 13.2 Å². The Morgan fingerprint density at radius 2 is 1.85 bits per heavy atom. The molecule has 134 valence electrons. The molecule has 0 radical (unpaired) electrons. The number of ether oxygens (including phenoxy) is 1. The first-order valence-corrected chi connectivity index (χ1v) is 8.69. The van der Waals surface area contributed by atoms with Crippen LogP contribution in [0.5, 0.6) is 5.75 Å². The molecule has 5 nitrogen and oxygen atoms in total. The van der Waals surface area contributed by atoms with Crippen LogP contribution in [0.1, 0.15) is 21.7 Å². The minimum atomic E-state index is -0.154. The smallest absolute Gasteiger partial charge is 0.255 e. The van der Waals surface area contributed by atoms with Gasteiger partial charge in [0.1, 0.15) is 11.6 Å². The molecular formula is C22H19N3O2. The van der Waals surface area contributed by atoms with E-state index in [2.05, 4.69) is 15.3 Å². The van der Waals surface area contributed by atoms with E-state index in [0.717, 1.165) is 22.4 Å². The van der Waals surface area contributed by atoms with Crippen LogP contribution >= 0.6 is 0 Å². The second-order valence-electron chi connectivity index (χ2n) is 6.26. The minimum absolute atomic E-state index is 0.154. The van der Waals surface area contributed by atoms with E-state index >= 15 is 0 Å². The zero-order valence-electron chi connectivity index (χ0n) is 14.9. The van der Waals surface area contributed by atoms with Gasteiger partial charge in [-0.2, -0.15) is 0 Å². The number of amides is 1. The topological polar surface area (TPSA) is 67.0 Å². The maximum absolute atomic E-state index is 12.4. The van der Waals surface area contributed by atoms with Crippen molar-refractivity contribution >= 4 is 22.6 Å². The number of aromatic nitrogens is 2. The van der Waals surface area contributed by atoms with Gasteiger partial charge >= 0.3 is 0 Å². The predicted octanol–water partition coefficient (Wildman–Crippen LogP) is 4.41. The molecule has 1 aromatic heterocycles. The number of rotatable bonds is 5. The molecule has 0 aliphatic rings. The number of methoxy groups -OCH3 is 1. The van der Waals surface area contributed by atoms with Crippen molar-refractivity contribution < 1.29 is 9.53 Å². The Labute approximate surface area is 157 Å². The molecule has 0 saturated carbocycles. The van der Waals surface area contributed by atoms with Crippen molar-refractivity contribution in [2.45, 2.75) is 6.42 Å². The molecule has 27 heavy (non-hydrogen) atoms. The maximum atomic E-state index is 12.4. The highest BCUT2D eigenvalue weighted by atomic mass is 16.5. The first kappa shape index (κ1) is 16.8. The number of nitrogens with one attached hydrogen (secondary N) is 2. The summed E-state index contributed by atoms with van der Waals surface area (Å²) in [4.78, 5) is 20.3. The van der Waals surface area contributed by atoms with E-state index in [1.807, 2.05) is 66.7 Å². The van der Waals surface area contributed by atoms with Crippen molar-refractivity contribution in [1.29, 1.82) is 0 Å². The van der Waals surface area contributed by atoms with E-state index < -0.39 is 0 Å². The third kappa shape index (κ3) is 3.82. The van der Waals surface area contributed by atoms with E-state index in [4.69, 9.17) is 4.74 Å². The number of carbonyl (C=O) groups is 1. The Bertz CT molecular complexity index is 1050. The average molecular weight is 357 g/mol. The quantitative estimate of drug-likeness (QED) is 0.556. The van der Waals surface area contributed by atoms with Gasteiger partial charge < -0.3 is 15.0 Å². The van der Waals surface area contributed by atoms with Crippen molar-refractivity contribution in [1.82, 2.24) is 9.97 Å². The molecule has 0 spiro atoms. The molecule has 5 heteroatoms. The summed E-state index contributed by atoms with van der Waals surface area (Å²) < 4.78 is 5.18. The van der Waals surface area contributed by atoms with Gasteiger partial charge in [-0.05, 0) is 42.0 Å². The number of hydrogen-bond donors (Lipinski definition) is 2. The van der Waals surface area contributed by atoms with Crippen molar-refractivity contribution in [3.63, 3.8) is 0 Å². The molecule has 4 rings (SSSR count). The van der Waals surface area contributed by atoms with Crippen LogP contribution in [-0.2, 0) is 6.42 Å². The molecule has 0 aliphatic heterocycles. The Morgan fingerprint density at radius 3 is 2.63 bits per heavy atom. The average Bonchev–Trinajstić information content (AvgIpc) is 3.11. The Hall–Kier alpha value is -3.60. The van der Waals surface area contributed by atoms with Crippen LogP contribution in [0.15, 0.2) is 72.8 Å². The molecule has 1 heterocycles. The minimum Gasteiger partial charge on any atom is -0.497 e. The van der Waals surface area contributed by atoms with Gasteiger partial charge in [0.25, 0.3) is 5.91 Å². The number of nitrogens with zero attached hydrogens (tertiary/aromatic N) is 1. The lowest BCUT2D eigenvalue weighted by Gasteiger charge is -2.07. The summed E-state index contributed by atoms with van der Waals surface area (Å²) >= 11 is 0. The summed E-state index contributed by atoms with van der Waals surface area (Å²) in [5.41, 5.74) is 4.38. The van der Waals surface area contributed by atoms with Crippen molar-refractivity contribution in [3.05, 3.63) is 89.7 Å². The largest absolute Gasteiger partial charge is 0.497 e. The number of carbonyl (C=O) groups excluding carboxylic acids is 1. The van der Waals surface area contributed by atoms with Crippen LogP contribution in [0.4, 0.5) is 5.69 Å². The van der Waals surface area contributed by atoms with Crippen LogP contribution in [0.3, 0.4) is 0 Å². The van der Waals surface area contributed by atoms with Crippen molar-refractivity contribution in [2.75, 3.05) is 12.4 Å². The summed E-state index contributed by atoms with van der Waals surface area (Å²) in [6.07, 6.45) is 0.687. The van der Waals surface area contributed by atoms with Gasteiger partial charge in [0.2, 0.25) is 0 Å². The molecule has 0 aliphatic carbocycles. The molecule has 0 unspecified atom stereocenters. The van der Waals surface area contributed by atoms with Gasteiger partial charge in [0.05, 0.1) is 18.1 Å². The predicted molar refractivity (Wildman–Crippen MR) is 106 cm³/mol. The zero-order valence-corrected chi connectivity index (χ0v) is 14.9. The van der Waals surface area contributed by atoms with Crippen LogP contribution < -0.4 is 10.1 Å². The van der Waals surface area contributed by atoms with Crippen LogP contribution in [-0.4, -0.2) is 23.0 Å². The van der Waals surface area contributed by atoms with E-state index in [1.165, 1.54) is 0 Å². The molecule has 0 fully saturated rings. The molecule has 2 N–H and O–H groups in total. The van der Waals surface area contributed by atoms with Gasteiger partial charge in [-0.1, -0.05) is 30.3 Å². The summed E-state index contributed by atoms with van der Waals surface area (Å²) in [5.74, 6) is 1.46. The maximum Gasteiger partial charge on any atom is 0.255 e. The normalized spacial score (nSPS) is 10.7. The number of imidazole rings is 1. The number of anilines is 1. The summed E-state index contributed by atoms with van der Waals surface area (Å²) in [5, 5.41) is 2.88. The van der Waals surface area contributed by atoms with E-state index in [0.29, 0.717) is 23.4 Å². The van der Waals surface area contributed by atoms with Gasteiger partial charge in [0, 0.05) is 23.7 Å². The molecule has 0 bridgehead atoms. The fourth-order valence-corrected chi connectivity index (χ4v) is 2.96. The second kappa shape index (κ2) is 7.33. The highest BCUT2D eigenvalue weighted by Gasteiger charge is 2.08. The van der Waals surface area contributed by atoms with Gasteiger partial charge in [0.15, 0.2) is 0 Å². The Balaban J connectivity index is 1.45. The van der Waals surface area contributed by atoms with E-state index in [9.17, 15) is 4.79 Å². The lowest BCUT2D eigenvalue weighted by Crippen LogP contribution is -2.11. The number of para-hydroxylation sites is 2. The van der Waals surface area contributed by atoms with Gasteiger partial charge in [-0.25, -0.2) is 4.98 Å². The highest BCUT2D eigenvalue weighted by molar-refractivity contribution is 6.04. The van der Waals surface area contributed by atoms with Crippen molar-refractivity contribution in [2.24, 2.45) is 0 Å². The zero-order chi connectivity index (χ0) is 18.6. The monoisotopic (exact) mass is 357 g/mol. The van der Waals surface area contributed by atoms with E-state index in [-0.39, 0.29) is 5.91 Å². The van der Waals surface area contributed by atoms with Crippen LogP contribution in [0, 0.1) is 0 Å². The number of fused-ring (bicyclic) bond motifs is 1. The molecular weight excluding hydrogens is 338 g/mol. The summed E-state index contributed by atoms with van der Waals surface area (Å²) in [6.45, 7) is 0. The lowest BCUT2D eigenvalue weighted by atomic mass is 10.1. The number of hydrogen-bond acceptors (Lipinski definition) is 3. The Morgan fingerprint density at radius 1 is 1.04 bits per heavy atom. The van der Waals surface area contributed by atoms with Crippen LogP contribution in [0.2, 0.25) is 0 Å². The molecule has 0 saturated heterocycles. The molecule has 4 aromatic rings. The van der Waals surface area contributed by atoms with Crippen molar-refractivity contribution in [3.8, 4) is 5.75 Å². The molecule has 1 amide bonds. The summed E-state index contributed by atoms with van der Waals surface area (Å²) in [7, 11) is 1.60. The Kier molecular flexibility index (Phi) is 4.58.